The number of carbonyl (C=O) groups excluding carboxylic acids is 2. The minimum atomic E-state index is -0.914. The van der Waals surface area contributed by atoms with Gasteiger partial charge in [0.05, 0.1) is 0 Å². The number of carboxylic acids is 2. The van der Waals surface area contributed by atoms with Gasteiger partial charge in [-0.3, -0.25) is 19.2 Å². The van der Waals surface area contributed by atoms with Gasteiger partial charge in [0.15, 0.2) is 0 Å². The maximum atomic E-state index is 11.3. The van der Waals surface area contributed by atoms with E-state index in [2.05, 4.69) is 4.74 Å². The van der Waals surface area contributed by atoms with Crippen LogP contribution in [0.2, 0.25) is 0 Å². The second-order valence-electron chi connectivity index (χ2n) is 4.75. The van der Waals surface area contributed by atoms with Crippen LogP contribution in [0.1, 0.15) is 64.2 Å². The molecule has 22 heavy (non-hydrogen) atoms. The number of ether oxygens (including phenoxy) is 1. The molecule has 5 N–H and O–H groups in total. The Morgan fingerprint density at radius 3 is 1.32 bits per heavy atom. The van der Waals surface area contributed by atoms with Gasteiger partial charge in [-0.05, 0) is 25.7 Å². The highest BCUT2D eigenvalue weighted by molar-refractivity contribution is 5.85. The van der Waals surface area contributed by atoms with Crippen molar-refractivity contribution in [1.29, 1.82) is 0 Å². The molecule has 0 saturated heterocycles. The Kier molecular flexibility index (Phi) is 14.2. The van der Waals surface area contributed by atoms with Crippen LogP contribution in [0.15, 0.2) is 0 Å². The summed E-state index contributed by atoms with van der Waals surface area (Å²) in [6, 6.07) is 0. The lowest BCUT2D eigenvalue weighted by Gasteiger charge is -2.03. The Labute approximate surface area is 129 Å². The van der Waals surface area contributed by atoms with Gasteiger partial charge in [0.2, 0.25) is 0 Å². The zero-order valence-corrected chi connectivity index (χ0v) is 12.7. The summed E-state index contributed by atoms with van der Waals surface area (Å²) in [5.74, 6) is -2.96. The summed E-state index contributed by atoms with van der Waals surface area (Å²) < 4.78 is 4.58. The van der Waals surface area contributed by atoms with Crippen molar-refractivity contribution in [3.05, 3.63) is 0 Å². The number of carbonyl (C=O) groups is 4. The average molecular weight is 319 g/mol. The summed E-state index contributed by atoms with van der Waals surface area (Å²) in [6.45, 7) is 0. The van der Waals surface area contributed by atoms with Gasteiger partial charge in [-0.25, -0.2) is 0 Å². The van der Waals surface area contributed by atoms with Crippen LogP contribution in [0, 0.1) is 0 Å². The molecule has 0 amide bonds. The molecule has 0 aromatic heterocycles. The monoisotopic (exact) mass is 319 g/mol. The zero-order valence-electron chi connectivity index (χ0n) is 12.7. The zero-order chi connectivity index (χ0) is 16.1. The molecule has 0 spiro atoms. The van der Waals surface area contributed by atoms with Gasteiger partial charge in [-0.15, -0.1) is 0 Å². The summed E-state index contributed by atoms with van der Waals surface area (Å²) >= 11 is 0. The van der Waals surface area contributed by atoms with Crippen molar-refractivity contribution in [3.63, 3.8) is 0 Å². The van der Waals surface area contributed by atoms with Crippen LogP contribution in [0.25, 0.3) is 0 Å². The van der Waals surface area contributed by atoms with Crippen molar-refractivity contribution in [2.75, 3.05) is 0 Å². The number of rotatable bonds is 12. The molecule has 0 heterocycles. The number of esters is 2. The van der Waals surface area contributed by atoms with Crippen molar-refractivity contribution < 1.29 is 34.1 Å². The summed E-state index contributed by atoms with van der Waals surface area (Å²) in [6.07, 6.45) is 3.63. The lowest BCUT2D eigenvalue weighted by atomic mass is 10.1. The van der Waals surface area contributed by atoms with Gasteiger partial charge in [-0.2, -0.15) is 0 Å². The van der Waals surface area contributed by atoms with E-state index in [4.69, 9.17) is 10.2 Å². The highest BCUT2D eigenvalue weighted by Crippen LogP contribution is 2.07. The lowest BCUT2D eigenvalue weighted by molar-refractivity contribution is -0.160. The quantitative estimate of drug-likeness (QED) is 0.281. The highest BCUT2D eigenvalue weighted by Gasteiger charge is 2.10. The van der Waals surface area contributed by atoms with Crippen LogP contribution >= 0.6 is 0 Å². The third kappa shape index (κ3) is 16.1. The molecule has 0 fully saturated rings. The van der Waals surface area contributed by atoms with Gasteiger partial charge < -0.3 is 21.1 Å². The van der Waals surface area contributed by atoms with Crippen LogP contribution in [0.4, 0.5) is 0 Å². The first-order chi connectivity index (χ1) is 9.91. The second-order valence-corrected chi connectivity index (χ2v) is 4.75. The first-order valence-electron chi connectivity index (χ1n) is 7.09. The Bertz CT molecular complexity index is 368. The number of aliphatic carboxylic acids is 2. The molecule has 0 aliphatic rings. The van der Waals surface area contributed by atoms with Gasteiger partial charge in [0.1, 0.15) is 0 Å². The molecule has 0 atom stereocenters. The minimum absolute atomic E-state index is 0. The Morgan fingerprint density at radius 1 is 0.591 bits per heavy atom. The van der Waals surface area contributed by atoms with Crippen LogP contribution in [0.3, 0.4) is 0 Å². The molecule has 8 nitrogen and oxygen atoms in total. The third-order valence-corrected chi connectivity index (χ3v) is 2.77. The largest absolute Gasteiger partial charge is 0.481 e. The van der Waals surface area contributed by atoms with Crippen LogP contribution < -0.4 is 6.15 Å². The third-order valence-electron chi connectivity index (χ3n) is 2.77. The van der Waals surface area contributed by atoms with Crippen LogP contribution in [-0.4, -0.2) is 34.1 Å². The molecule has 0 aromatic rings. The maximum absolute atomic E-state index is 11.3. The van der Waals surface area contributed by atoms with Gasteiger partial charge in [0.25, 0.3) is 0 Å². The normalized spacial score (nSPS) is 9.64. The standard InChI is InChI=1S/C14H22O7.H3N/c15-11(16)7-3-1-2-4-9-13(19)21-14(20)10-6-5-8-12(17)18;/h1-10H2,(H,15,16)(H,17,18);1H3. The molecule has 0 aromatic carbocycles. The van der Waals surface area contributed by atoms with E-state index in [1.807, 2.05) is 0 Å². The summed E-state index contributed by atoms with van der Waals surface area (Å²) in [5.41, 5.74) is 0. The van der Waals surface area contributed by atoms with Crippen molar-refractivity contribution in [2.45, 2.75) is 64.2 Å². The predicted octanol–water partition coefficient (Wildman–Crippen LogP) is 2.29. The van der Waals surface area contributed by atoms with Gasteiger partial charge in [-0.1, -0.05) is 12.8 Å². The summed E-state index contributed by atoms with van der Waals surface area (Å²) in [7, 11) is 0. The maximum Gasteiger partial charge on any atom is 0.313 e. The fourth-order valence-corrected chi connectivity index (χ4v) is 1.67. The van der Waals surface area contributed by atoms with E-state index in [0.29, 0.717) is 25.7 Å². The first-order valence-corrected chi connectivity index (χ1v) is 7.09. The van der Waals surface area contributed by atoms with Crippen molar-refractivity contribution in [2.24, 2.45) is 0 Å². The first kappa shape index (κ1) is 22.3. The number of unbranched alkanes of at least 4 members (excludes halogenated alkanes) is 4. The van der Waals surface area contributed by atoms with Crippen molar-refractivity contribution >= 4 is 23.9 Å². The second kappa shape index (κ2) is 14.0. The smallest absolute Gasteiger partial charge is 0.313 e. The summed E-state index contributed by atoms with van der Waals surface area (Å²) in [5, 5.41) is 16.8. The Hall–Kier alpha value is -1.96. The summed E-state index contributed by atoms with van der Waals surface area (Å²) in [4.78, 5) is 43.1. The number of carboxylic acid groups (broad SMARTS) is 2. The lowest BCUT2D eigenvalue weighted by Crippen LogP contribution is -2.12. The van der Waals surface area contributed by atoms with Crippen LogP contribution in [-0.2, 0) is 23.9 Å². The molecule has 0 bridgehead atoms. The van der Waals surface area contributed by atoms with E-state index in [9.17, 15) is 19.2 Å². The van der Waals surface area contributed by atoms with Crippen molar-refractivity contribution in [3.8, 4) is 0 Å². The van der Waals surface area contributed by atoms with E-state index < -0.39 is 23.9 Å². The Morgan fingerprint density at radius 2 is 0.909 bits per heavy atom. The fourth-order valence-electron chi connectivity index (χ4n) is 1.67. The van der Waals surface area contributed by atoms with Gasteiger partial charge in [0, 0.05) is 25.7 Å². The number of hydrogen-bond acceptors (Lipinski definition) is 6. The molecule has 0 radical (unpaired) electrons. The molecule has 0 unspecified atom stereocenters. The van der Waals surface area contributed by atoms with E-state index in [1.165, 1.54) is 0 Å². The van der Waals surface area contributed by atoms with Crippen LogP contribution in [0.5, 0.6) is 0 Å². The van der Waals surface area contributed by atoms with E-state index >= 15 is 0 Å². The molecule has 128 valence electrons. The van der Waals surface area contributed by atoms with Crippen molar-refractivity contribution in [1.82, 2.24) is 6.15 Å². The number of hydrogen-bond donors (Lipinski definition) is 3. The van der Waals surface area contributed by atoms with E-state index in [1.54, 1.807) is 0 Å². The molecule has 0 aliphatic heterocycles. The minimum Gasteiger partial charge on any atom is -0.481 e. The SMILES string of the molecule is N.O=C(O)CCCCCCC(=O)OC(=O)CCCCC(=O)O. The van der Waals surface area contributed by atoms with E-state index in [0.717, 1.165) is 12.8 Å². The van der Waals surface area contributed by atoms with E-state index in [-0.39, 0.29) is 31.8 Å². The molecule has 8 heteroatoms. The molecule has 0 aliphatic carbocycles. The average Bonchev–Trinajstić information content (AvgIpc) is 2.38. The highest BCUT2D eigenvalue weighted by atomic mass is 16.6. The van der Waals surface area contributed by atoms with Gasteiger partial charge >= 0.3 is 23.9 Å². The topological polar surface area (TPSA) is 153 Å². The Balaban J connectivity index is 0. The molecule has 0 saturated carbocycles. The molecule has 0 rings (SSSR count). The predicted molar refractivity (Wildman–Crippen MR) is 77.6 cm³/mol. The molecular formula is C14H25NO7. The molecular weight excluding hydrogens is 294 g/mol. The fraction of sp³-hybridized carbons (Fsp3) is 0.714.